The molecule has 3 rings (SSSR count). The van der Waals surface area contributed by atoms with E-state index in [2.05, 4.69) is 4.98 Å². The molecule has 1 atom stereocenters. The van der Waals surface area contributed by atoms with Gasteiger partial charge in [-0.05, 0) is 45.3 Å². The Hall–Kier alpha value is -2.70. The first-order valence-electron chi connectivity index (χ1n) is 8.63. The first-order chi connectivity index (χ1) is 12.5. The van der Waals surface area contributed by atoms with Gasteiger partial charge in [0.25, 0.3) is 5.56 Å². The highest BCUT2D eigenvalue weighted by Gasteiger charge is 2.18. The van der Waals surface area contributed by atoms with E-state index in [1.165, 1.54) is 0 Å². The molecule has 2 aromatic carbocycles. The molecule has 1 aromatic heterocycles. The highest BCUT2D eigenvalue weighted by molar-refractivity contribution is 5.84. The van der Waals surface area contributed by atoms with Crippen LogP contribution in [-0.4, -0.2) is 41.7 Å². The molecule has 0 radical (unpaired) electrons. The van der Waals surface area contributed by atoms with Crippen molar-refractivity contribution < 1.29 is 4.74 Å². The van der Waals surface area contributed by atoms with Gasteiger partial charge in [0.15, 0.2) is 0 Å². The SMILES string of the molecule is CC(N)c1nc2cccc(OCCN(C)C)c2c(=O)n1-c1ccccc1. The van der Waals surface area contributed by atoms with E-state index in [-0.39, 0.29) is 11.6 Å². The van der Waals surface area contributed by atoms with Crippen LogP contribution in [0, 0.1) is 0 Å². The molecule has 6 heteroatoms. The van der Waals surface area contributed by atoms with E-state index in [9.17, 15) is 4.79 Å². The lowest BCUT2D eigenvalue weighted by atomic mass is 10.2. The molecular formula is C20H24N4O2. The van der Waals surface area contributed by atoms with Crippen molar-refractivity contribution in [3.63, 3.8) is 0 Å². The van der Waals surface area contributed by atoms with Crippen molar-refractivity contribution in [1.29, 1.82) is 0 Å². The molecular weight excluding hydrogens is 328 g/mol. The molecule has 136 valence electrons. The average Bonchev–Trinajstić information content (AvgIpc) is 2.61. The number of para-hydroxylation sites is 1. The second-order valence-corrected chi connectivity index (χ2v) is 6.54. The molecule has 26 heavy (non-hydrogen) atoms. The highest BCUT2D eigenvalue weighted by atomic mass is 16.5. The summed E-state index contributed by atoms with van der Waals surface area (Å²) in [7, 11) is 3.95. The number of rotatable bonds is 6. The Morgan fingerprint density at radius 2 is 1.88 bits per heavy atom. The van der Waals surface area contributed by atoms with E-state index in [0.29, 0.717) is 29.1 Å². The number of likely N-dealkylation sites (N-methyl/N-ethyl adjacent to an activating group) is 1. The van der Waals surface area contributed by atoms with Crippen molar-refractivity contribution in [1.82, 2.24) is 14.5 Å². The summed E-state index contributed by atoms with van der Waals surface area (Å²) in [5.41, 5.74) is 7.26. The molecule has 0 bridgehead atoms. The number of nitrogens with two attached hydrogens (primary N) is 1. The van der Waals surface area contributed by atoms with Gasteiger partial charge < -0.3 is 15.4 Å². The minimum absolute atomic E-state index is 0.172. The summed E-state index contributed by atoms with van der Waals surface area (Å²) in [6, 6.07) is 14.5. The number of hydrogen-bond donors (Lipinski definition) is 1. The molecule has 3 aromatic rings. The van der Waals surface area contributed by atoms with Gasteiger partial charge in [-0.1, -0.05) is 24.3 Å². The van der Waals surface area contributed by atoms with E-state index in [1.54, 1.807) is 4.57 Å². The van der Waals surface area contributed by atoms with Crippen LogP contribution in [0.15, 0.2) is 53.3 Å². The Labute approximate surface area is 152 Å². The quantitative estimate of drug-likeness (QED) is 0.737. The standard InChI is InChI=1S/C20H24N4O2/c1-14(21)19-22-16-10-7-11-17(26-13-12-23(2)3)18(16)20(25)24(19)15-8-5-4-6-9-15/h4-11,14H,12-13,21H2,1-3H3. The van der Waals surface area contributed by atoms with Crippen LogP contribution in [0.5, 0.6) is 5.75 Å². The first kappa shape index (κ1) is 18.1. The van der Waals surface area contributed by atoms with Crippen LogP contribution in [-0.2, 0) is 0 Å². The fraction of sp³-hybridized carbons (Fsp3) is 0.300. The van der Waals surface area contributed by atoms with Crippen LogP contribution in [0.3, 0.4) is 0 Å². The zero-order chi connectivity index (χ0) is 18.7. The van der Waals surface area contributed by atoms with Gasteiger partial charge >= 0.3 is 0 Å². The van der Waals surface area contributed by atoms with Gasteiger partial charge in [0.1, 0.15) is 23.6 Å². The summed E-state index contributed by atoms with van der Waals surface area (Å²) >= 11 is 0. The molecule has 0 saturated carbocycles. The Kier molecular flexibility index (Phi) is 5.35. The highest BCUT2D eigenvalue weighted by Crippen LogP contribution is 2.24. The largest absolute Gasteiger partial charge is 0.491 e. The number of nitrogens with zero attached hydrogens (tertiary/aromatic N) is 3. The van der Waals surface area contributed by atoms with E-state index >= 15 is 0 Å². The molecule has 6 nitrogen and oxygen atoms in total. The molecule has 0 aliphatic rings. The Balaban J connectivity index is 2.21. The lowest BCUT2D eigenvalue weighted by Gasteiger charge is -2.17. The maximum Gasteiger partial charge on any atom is 0.269 e. The van der Waals surface area contributed by atoms with Crippen molar-refractivity contribution in [3.05, 3.63) is 64.7 Å². The van der Waals surface area contributed by atoms with Gasteiger partial charge in [0.2, 0.25) is 0 Å². The monoisotopic (exact) mass is 352 g/mol. The molecule has 0 amide bonds. The summed E-state index contributed by atoms with van der Waals surface area (Å²) in [6.45, 7) is 3.07. The summed E-state index contributed by atoms with van der Waals surface area (Å²) in [5.74, 6) is 1.07. The maximum absolute atomic E-state index is 13.3. The number of aromatic nitrogens is 2. The summed E-state index contributed by atoms with van der Waals surface area (Å²) in [5, 5.41) is 0.472. The Bertz CT molecular complexity index is 949. The molecule has 0 saturated heterocycles. The number of ether oxygens (including phenoxy) is 1. The molecule has 1 unspecified atom stereocenters. The molecule has 0 fully saturated rings. The van der Waals surface area contributed by atoms with Gasteiger partial charge in [-0.3, -0.25) is 9.36 Å². The van der Waals surface area contributed by atoms with E-state index < -0.39 is 0 Å². The Morgan fingerprint density at radius 3 is 2.54 bits per heavy atom. The van der Waals surface area contributed by atoms with Crippen molar-refractivity contribution in [2.24, 2.45) is 5.73 Å². The second-order valence-electron chi connectivity index (χ2n) is 6.54. The fourth-order valence-electron chi connectivity index (χ4n) is 2.81. The summed E-state index contributed by atoms with van der Waals surface area (Å²) in [4.78, 5) is 20.0. The predicted molar refractivity (Wildman–Crippen MR) is 104 cm³/mol. The number of benzene rings is 2. The van der Waals surface area contributed by atoms with Crippen molar-refractivity contribution in [3.8, 4) is 11.4 Å². The lowest BCUT2D eigenvalue weighted by molar-refractivity contribution is 0.263. The molecule has 1 heterocycles. The third-order valence-corrected chi connectivity index (χ3v) is 4.10. The van der Waals surface area contributed by atoms with Gasteiger partial charge in [-0.15, -0.1) is 0 Å². The first-order valence-corrected chi connectivity index (χ1v) is 8.63. The zero-order valence-corrected chi connectivity index (χ0v) is 15.3. The maximum atomic E-state index is 13.3. The third kappa shape index (κ3) is 3.61. The molecule has 0 spiro atoms. The molecule has 0 aliphatic carbocycles. The van der Waals surface area contributed by atoms with Crippen molar-refractivity contribution in [2.45, 2.75) is 13.0 Å². The van der Waals surface area contributed by atoms with E-state index in [0.717, 1.165) is 12.2 Å². The van der Waals surface area contributed by atoms with Crippen LogP contribution in [0.4, 0.5) is 0 Å². The molecule has 0 aliphatic heterocycles. The van der Waals surface area contributed by atoms with Gasteiger partial charge in [-0.25, -0.2) is 4.98 Å². The summed E-state index contributed by atoms with van der Waals surface area (Å²) in [6.07, 6.45) is 0. The van der Waals surface area contributed by atoms with E-state index in [1.807, 2.05) is 74.4 Å². The average molecular weight is 352 g/mol. The van der Waals surface area contributed by atoms with Crippen LogP contribution in [0.2, 0.25) is 0 Å². The fourth-order valence-corrected chi connectivity index (χ4v) is 2.81. The minimum Gasteiger partial charge on any atom is -0.491 e. The van der Waals surface area contributed by atoms with Crippen LogP contribution >= 0.6 is 0 Å². The lowest BCUT2D eigenvalue weighted by Crippen LogP contribution is -2.28. The second kappa shape index (κ2) is 7.68. The Morgan fingerprint density at radius 1 is 1.15 bits per heavy atom. The number of hydrogen-bond acceptors (Lipinski definition) is 5. The predicted octanol–water partition coefficient (Wildman–Crippen LogP) is 2.35. The van der Waals surface area contributed by atoms with E-state index in [4.69, 9.17) is 10.5 Å². The van der Waals surface area contributed by atoms with Crippen LogP contribution in [0.1, 0.15) is 18.8 Å². The van der Waals surface area contributed by atoms with Crippen LogP contribution in [0.25, 0.3) is 16.6 Å². The summed E-state index contributed by atoms with van der Waals surface area (Å²) < 4.78 is 7.45. The van der Waals surface area contributed by atoms with Gasteiger partial charge in [-0.2, -0.15) is 0 Å². The smallest absolute Gasteiger partial charge is 0.269 e. The minimum atomic E-state index is -0.384. The zero-order valence-electron chi connectivity index (χ0n) is 15.3. The topological polar surface area (TPSA) is 73.4 Å². The molecule has 2 N–H and O–H groups in total. The van der Waals surface area contributed by atoms with Crippen molar-refractivity contribution in [2.75, 3.05) is 27.2 Å². The van der Waals surface area contributed by atoms with Crippen molar-refractivity contribution >= 4 is 10.9 Å². The third-order valence-electron chi connectivity index (χ3n) is 4.10. The normalized spacial score (nSPS) is 12.5. The van der Waals surface area contributed by atoms with Gasteiger partial charge in [0, 0.05) is 6.54 Å². The van der Waals surface area contributed by atoms with Crippen LogP contribution < -0.4 is 16.0 Å². The number of fused-ring (bicyclic) bond motifs is 1. The van der Waals surface area contributed by atoms with Gasteiger partial charge in [0.05, 0.1) is 17.2 Å².